The van der Waals surface area contributed by atoms with E-state index in [1.807, 2.05) is 6.08 Å². The Morgan fingerprint density at radius 1 is 0.812 bits per heavy atom. The fraction of sp³-hybridized carbons (Fsp3) is 0.867. The van der Waals surface area contributed by atoms with Gasteiger partial charge in [-0.05, 0) is 19.3 Å². The lowest BCUT2D eigenvalue weighted by Crippen LogP contribution is -1.96. The molecule has 96 valence electrons. The van der Waals surface area contributed by atoms with E-state index in [2.05, 4.69) is 13.5 Å². The molecule has 0 spiro atoms. The lowest BCUT2D eigenvalue weighted by atomic mass is 10.1. The van der Waals surface area contributed by atoms with Crippen LogP contribution in [0.3, 0.4) is 0 Å². The minimum atomic E-state index is 0.905. The summed E-state index contributed by atoms with van der Waals surface area (Å²) in [4.78, 5) is 0. The fourth-order valence-electron chi connectivity index (χ4n) is 1.77. The minimum Gasteiger partial charge on any atom is -0.381 e. The first-order valence-corrected chi connectivity index (χ1v) is 7.10. The summed E-state index contributed by atoms with van der Waals surface area (Å²) >= 11 is 0. The third-order valence-corrected chi connectivity index (χ3v) is 2.84. The van der Waals surface area contributed by atoms with Crippen molar-refractivity contribution in [2.75, 3.05) is 13.2 Å². The molecule has 1 heteroatoms. The summed E-state index contributed by atoms with van der Waals surface area (Å²) in [6.45, 7) is 7.82. The molecule has 0 amide bonds. The van der Waals surface area contributed by atoms with Crippen molar-refractivity contribution in [2.45, 2.75) is 71.1 Å². The molecule has 0 aromatic heterocycles. The second-order valence-corrected chi connectivity index (χ2v) is 4.52. The van der Waals surface area contributed by atoms with Gasteiger partial charge >= 0.3 is 0 Å². The third-order valence-electron chi connectivity index (χ3n) is 2.84. The molecule has 0 heterocycles. The Hall–Kier alpha value is -0.300. The zero-order chi connectivity index (χ0) is 11.9. The van der Waals surface area contributed by atoms with Gasteiger partial charge in [-0.3, -0.25) is 0 Å². The van der Waals surface area contributed by atoms with Gasteiger partial charge in [0.05, 0.1) is 0 Å². The van der Waals surface area contributed by atoms with Gasteiger partial charge < -0.3 is 4.74 Å². The van der Waals surface area contributed by atoms with Crippen molar-refractivity contribution in [3.63, 3.8) is 0 Å². The van der Waals surface area contributed by atoms with Crippen LogP contribution in [0.1, 0.15) is 71.1 Å². The molecular formula is C15H30O. The van der Waals surface area contributed by atoms with Crippen molar-refractivity contribution in [2.24, 2.45) is 0 Å². The van der Waals surface area contributed by atoms with Gasteiger partial charge in [-0.25, -0.2) is 0 Å². The van der Waals surface area contributed by atoms with E-state index in [0.717, 1.165) is 26.1 Å². The van der Waals surface area contributed by atoms with Crippen LogP contribution >= 0.6 is 0 Å². The van der Waals surface area contributed by atoms with E-state index < -0.39 is 0 Å². The lowest BCUT2D eigenvalue weighted by molar-refractivity contribution is 0.128. The number of unbranched alkanes of at least 4 members (excludes halogenated alkanes) is 8. The van der Waals surface area contributed by atoms with E-state index in [0.29, 0.717) is 0 Å². The molecule has 0 aromatic carbocycles. The highest BCUT2D eigenvalue weighted by atomic mass is 16.5. The normalized spacial score (nSPS) is 10.6. The van der Waals surface area contributed by atoms with Gasteiger partial charge in [0, 0.05) is 13.2 Å². The zero-order valence-corrected chi connectivity index (χ0v) is 11.2. The Morgan fingerprint density at radius 2 is 1.38 bits per heavy atom. The van der Waals surface area contributed by atoms with E-state index in [1.54, 1.807) is 0 Å². The largest absolute Gasteiger partial charge is 0.381 e. The van der Waals surface area contributed by atoms with Crippen molar-refractivity contribution >= 4 is 0 Å². The standard InChI is InChI=1S/C15H30O/c1-3-5-7-8-9-10-11-13-15-16-14-12-6-4-2/h4H,2-3,5-15H2,1H3. The quantitative estimate of drug-likeness (QED) is 0.313. The van der Waals surface area contributed by atoms with Crippen LogP contribution in [0.4, 0.5) is 0 Å². The van der Waals surface area contributed by atoms with Crippen LogP contribution in [-0.2, 0) is 4.74 Å². The van der Waals surface area contributed by atoms with Crippen molar-refractivity contribution in [3.05, 3.63) is 12.7 Å². The maximum atomic E-state index is 5.53. The average molecular weight is 226 g/mol. The second kappa shape index (κ2) is 14.7. The van der Waals surface area contributed by atoms with Gasteiger partial charge in [0.25, 0.3) is 0 Å². The highest BCUT2D eigenvalue weighted by molar-refractivity contribution is 4.64. The number of hydrogen-bond acceptors (Lipinski definition) is 1. The van der Waals surface area contributed by atoms with Gasteiger partial charge in [-0.1, -0.05) is 57.9 Å². The van der Waals surface area contributed by atoms with E-state index in [4.69, 9.17) is 4.74 Å². The van der Waals surface area contributed by atoms with Crippen LogP contribution < -0.4 is 0 Å². The molecule has 1 nitrogen and oxygen atoms in total. The van der Waals surface area contributed by atoms with Crippen molar-refractivity contribution in [1.82, 2.24) is 0 Å². The SMILES string of the molecule is C=CCCCOCCCCCCCCCC. The fourth-order valence-corrected chi connectivity index (χ4v) is 1.77. The van der Waals surface area contributed by atoms with Crippen LogP contribution in [0, 0.1) is 0 Å². The van der Waals surface area contributed by atoms with E-state index >= 15 is 0 Å². The van der Waals surface area contributed by atoms with Gasteiger partial charge in [-0.15, -0.1) is 6.58 Å². The summed E-state index contributed by atoms with van der Waals surface area (Å²) in [6.07, 6.45) is 15.1. The summed E-state index contributed by atoms with van der Waals surface area (Å²) < 4.78 is 5.53. The van der Waals surface area contributed by atoms with Crippen molar-refractivity contribution in [3.8, 4) is 0 Å². The van der Waals surface area contributed by atoms with Gasteiger partial charge in [0.2, 0.25) is 0 Å². The molecule has 0 aliphatic carbocycles. The van der Waals surface area contributed by atoms with Crippen molar-refractivity contribution < 1.29 is 4.74 Å². The Bertz CT molecular complexity index is 131. The van der Waals surface area contributed by atoms with E-state index in [9.17, 15) is 0 Å². The molecule has 0 saturated carbocycles. The molecular weight excluding hydrogens is 196 g/mol. The zero-order valence-electron chi connectivity index (χ0n) is 11.2. The highest BCUT2D eigenvalue weighted by Crippen LogP contribution is 2.08. The first-order chi connectivity index (χ1) is 7.91. The molecule has 0 aliphatic rings. The summed E-state index contributed by atoms with van der Waals surface area (Å²) in [6, 6.07) is 0. The lowest BCUT2D eigenvalue weighted by Gasteiger charge is -2.03. The molecule has 16 heavy (non-hydrogen) atoms. The summed E-state index contributed by atoms with van der Waals surface area (Å²) in [5.41, 5.74) is 0. The third kappa shape index (κ3) is 13.7. The molecule has 0 rings (SSSR count). The molecule has 0 unspecified atom stereocenters. The van der Waals surface area contributed by atoms with Crippen LogP contribution in [0.15, 0.2) is 12.7 Å². The number of allylic oxidation sites excluding steroid dienone is 1. The molecule has 0 radical (unpaired) electrons. The Labute approximate surface area is 102 Å². The number of hydrogen-bond donors (Lipinski definition) is 0. The van der Waals surface area contributed by atoms with Crippen LogP contribution in [0.25, 0.3) is 0 Å². The minimum absolute atomic E-state index is 0.905. The molecule has 0 N–H and O–H groups in total. The van der Waals surface area contributed by atoms with E-state index in [1.165, 1.54) is 51.4 Å². The molecule has 0 aromatic rings. The van der Waals surface area contributed by atoms with Crippen molar-refractivity contribution in [1.29, 1.82) is 0 Å². The highest BCUT2D eigenvalue weighted by Gasteiger charge is 1.92. The molecule has 0 fully saturated rings. The van der Waals surface area contributed by atoms with E-state index in [-0.39, 0.29) is 0 Å². The second-order valence-electron chi connectivity index (χ2n) is 4.52. The number of rotatable bonds is 13. The Kier molecular flexibility index (Phi) is 14.4. The van der Waals surface area contributed by atoms with Crippen LogP contribution in [-0.4, -0.2) is 13.2 Å². The Balaban J connectivity index is 2.85. The average Bonchev–Trinajstić information content (AvgIpc) is 2.31. The maximum Gasteiger partial charge on any atom is 0.0468 e. The van der Waals surface area contributed by atoms with Gasteiger partial charge in [0.1, 0.15) is 0 Å². The van der Waals surface area contributed by atoms with Gasteiger partial charge in [0.15, 0.2) is 0 Å². The topological polar surface area (TPSA) is 9.23 Å². The molecule has 0 atom stereocenters. The first-order valence-electron chi connectivity index (χ1n) is 7.10. The monoisotopic (exact) mass is 226 g/mol. The molecule has 0 aliphatic heterocycles. The van der Waals surface area contributed by atoms with Crippen LogP contribution in [0.5, 0.6) is 0 Å². The van der Waals surface area contributed by atoms with Crippen LogP contribution in [0.2, 0.25) is 0 Å². The summed E-state index contributed by atoms with van der Waals surface area (Å²) in [5, 5.41) is 0. The predicted octanol–water partition coefficient (Wildman–Crippen LogP) is 5.11. The molecule has 0 saturated heterocycles. The summed E-state index contributed by atoms with van der Waals surface area (Å²) in [5.74, 6) is 0. The first kappa shape index (κ1) is 15.7. The summed E-state index contributed by atoms with van der Waals surface area (Å²) in [7, 11) is 0. The molecule has 0 bridgehead atoms. The smallest absolute Gasteiger partial charge is 0.0468 e. The van der Waals surface area contributed by atoms with Gasteiger partial charge in [-0.2, -0.15) is 0 Å². The predicted molar refractivity (Wildman–Crippen MR) is 72.9 cm³/mol. The number of ether oxygens (including phenoxy) is 1. The maximum absolute atomic E-state index is 5.53. The Morgan fingerprint density at radius 3 is 2.00 bits per heavy atom.